The number of amides is 1. The van der Waals surface area contributed by atoms with E-state index in [-0.39, 0.29) is 22.6 Å². The van der Waals surface area contributed by atoms with Crippen molar-refractivity contribution in [3.8, 4) is 5.75 Å². The monoisotopic (exact) mass is 413 g/mol. The van der Waals surface area contributed by atoms with Crippen molar-refractivity contribution in [2.75, 3.05) is 7.11 Å². The highest BCUT2D eigenvalue weighted by molar-refractivity contribution is 7.85. The number of hydroxylamine groups is 1. The van der Waals surface area contributed by atoms with Crippen molar-refractivity contribution in [1.82, 2.24) is 5.48 Å². The van der Waals surface area contributed by atoms with E-state index in [9.17, 15) is 9.00 Å². The minimum atomic E-state index is -2.07. The molecule has 0 aromatic heterocycles. The summed E-state index contributed by atoms with van der Waals surface area (Å²) in [4.78, 5) is 13.2. The van der Waals surface area contributed by atoms with Crippen molar-refractivity contribution in [2.24, 2.45) is 0 Å². The first-order valence-corrected chi connectivity index (χ1v) is 13.7. The summed E-state index contributed by atoms with van der Waals surface area (Å²) in [6.07, 6.45) is 2.86. The Hall–Kier alpha value is -1.18. The molecule has 1 aromatic rings. The fourth-order valence-corrected chi connectivity index (χ4v) is 4.35. The topological polar surface area (TPSA) is 64.6 Å². The van der Waals surface area contributed by atoms with Gasteiger partial charge in [-0.15, -0.1) is 0 Å². The number of ether oxygens (including phenoxy) is 1. The zero-order chi connectivity index (χ0) is 20.7. The third kappa shape index (κ3) is 7.39. The fraction of sp³-hybridized carbons (Fsp3) is 0.650. The van der Waals surface area contributed by atoms with E-state index in [1.807, 2.05) is 0 Å². The Labute approximate surface area is 167 Å². The van der Waals surface area contributed by atoms with Crippen LogP contribution in [-0.4, -0.2) is 30.8 Å². The smallest absolute Gasteiger partial charge is 0.243 e. The molecule has 0 aliphatic heterocycles. The molecule has 0 spiro atoms. The van der Waals surface area contributed by atoms with E-state index in [0.717, 1.165) is 29.9 Å². The SMILES string of the molecule is CCCCC(CC(=O)NO[Si](C)(C)C(C)(C)C)S(=O)c1ccc(OC)cc1. The van der Waals surface area contributed by atoms with Crippen molar-refractivity contribution in [3.63, 3.8) is 0 Å². The lowest BCUT2D eigenvalue weighted by molar-refractivity contribution is -0.128. The second kappa shape index (κ2) is 10.4. The maximum absolute atomic E-state index is 13.0. The Kier molecular flexibility index (Phi) is 9.18. The van der Waals surface area contributed by atoms with Crippen molar-refractivity contribution in [1.29, 1.82) is 0 Å². The lowest BCUT2D eigenvalue weighted by atomic mass is 10.1. The van der Waals surface area contributed by atoms with Crippen molar-refractivity contribution in [3.05, 3.63) is 24.3 Å². The molecule has 0 radical (unpaired) electrons. The largest absolute Gasteiger partial charge is 0.497 e. The number of methoxy groups -OCH3 is 1. The van der Waals surface area contributed by atoms with Gasteiger partial charge in [0.05, 0.1) is 17.9 Å². The Bertz CT molecular complexity index is 626. The van der Waals surface area contributed by atoms with E-state index >= 15 is 0 Å². The fourth-order valence-electron chi connectivity index (χ4n) is 2.20. The van der Waals surface area contributed by atoms with Gasteiger partial charge in [0.2, 0.25) is 14.2 Å². The van der Waals surface area contributed by atoms with Crippen LogP contribution in [0.3, 0.4) is 0 Å². The summed E-state index contributed by atoms with van der Waals surface area (Å²) < 4.78 is 24.0. The summed E-state index contributed by atoms with van der Waals surface area (Å²) in [5.74, 6) is 0.518. The van der Waals surface area contributed by atoms with Gasteiger partial charge in [0, 0.05) is 16.6 Å². The van der Waals surface area contributed by atoms with Gasteiger partial charge in [0.25, 0.3) is 0 Å². The number of carbonyl (C=O) groups excluding carboxylic acids is 1. The molecule has 5 nitrogen and oxygen atoms in total. The zero-order valence-electron chi connectivity index (χ0n) is 17.8. The average molecular weight is 414 g/mol. The highest BCUT2D eigenvalue weighted by atomic mass is 32.2. The summed E-state index contributed by atoms with van der Waals surface area (Å²) in [7, 11) is -1.72. The van der Waals surface area contributed by atoms with Crippen molar-refractivity contribution >= 4 is 25.0 Å². The molecular formula is C20H35NO4SSi. The van der Waals surface area contributed by atoms with E-state index in [1.54, 1.807) is 31.4 Å². The maximum Gasteiger partial charge on any atom is 0.243 e. The molecule has 2 unspecified atom stereocenters. The second-order valence-corrected chi connectivity index (χ2v) is 14.8. The number of benzene rings is 1. The van der Waals surface area contributed by atoms with Crippen LogP contribution in [0.5, 0.6) is 5.75 Å². The molecule has 1 N–H and O–H groups in total. The highest BCUT2D eigenvalue weighted by Crippen LogP contribution is 2.35. The minimum Gasteiger partial charge on any atom is -0.497 e. The van der Waals surface area contributed by atoms with E-state index in [1.165, 1.54) is 0 Å². The van der Waals surface area contributed by atoms with Crippen molar-refractivity contribution < 1.29 is 18.3 Å². The van der Waals surface area contributed by atoms with E-state index in [2.05, 4.69) is 46.3 Å². The Balaban J connectivity index is 2.78. The van der Waals surface area contributed by atoms with E-state index in [4.69, 9.17) is 9.26 Å². The normalized spacial score (nSPS) is 14.5. The predicted octanol–water partition coefficient (Wildman–Crippen LogP) is 4.80. The summed E-state index contributed by atoms with van der Waals surface area (Å²) in [6.45, 7) is 12.6. The summed E-state index contributed by atoms with van der Waals surface area (Å²) in [5.41, 5.74) is 2.63. The Morgan fingerprint density at radius 2 is 1.81 bits per heavy atom. The number of carbonyl (C=O) groups is 1. The van der Waals surface area contributed by atoms with Crippen LogP contribution in [-0.2, 0) is 20.1 Å². The van der Waals surface area contributed by atoms with E-state index < -0.39 is 19.1 Å². The number of rotatable bonds is 10. The van der Waals surface area contributed by atoms with Crippen LogP contribution < -0.4 is 10.2 Å². The molecule has 154 valence electrons. The van der Waals surface area contributed by atoms with Gasteiger partial charge >= 0.3 is 0 Å². The molecular weight excluding hydrogens is 378 g/mol. The molecule has 2 atom stereocenters. The lowest BCUT2D eigenvalue weighted by Gasteiger charge is -2.35. The Morgan fingerprint density at radius 1 is 1.22 bits per heavy atom. The first kappa shape index (κ1) is 23.9. The molecule has 0 aliphatic carbocycles. The second-order valence-electron chi connectivity index (χ2n) is 8.33. The van der Waals surface area contributed by atoms with Crippen LogP contribution in [0.1, 0.15) is 53.4 Å². The molecule has 0 aliphatic rings. The van der Waals surface area contributed by atoms with Gasteiger partial charge in [-0.25, -0.2) is 5.48 Å². The summed E-state index contributed by atoms with van der Waals surface area (Å²) in [5, 5.41) is -0.227. The Morgan fingerprint density at radius 3 is 2.30 bits per heavy atom. The molecule has 0 saturated heterocycles. The van der Waals surface area contributed by atoms with Gasteiger partial charge in [-0.2, -0.15) is 0 Å². The predicted molar refractivity (Wildman–Crippen MR) is 114 cm³/mol. The average Bonchev–Trinajstić information content (AvgIpc) is 2.62. The highest BCUT2D eigenvalue weighted by Gasteiger charge is 2.38. The maximum atomic E-state index is 13.0. The van der Waals surface area contributed by atoms with Crippen LogP contribution in [0, 0.1) is 0 Å². The lowest BCUT2D eigenvalue weighted by Crippen LogP contribution is -2.47. The quantitative estimate of drug-likeness (QED) is 0.442. The van der Waals surface area contributed by atoms with Gasteiger partial charge in [0.1, 0.15) is 5.75 Å². The summed E-state index contributed by atoms with van der Waals surface area (Å²) in [6, 6.07) is 7.20. The minimum absolute atomic E-state index is 0.00774. The third-order valence-electron chi connectivity index (χ3n) is 5.11. The molecule has 7 heteroatoms. The first-order chi connectivity index (χ1) is 12.5. The number of hydrogen-bond acceptors (Lipinski definition) is 4. The summed E-state index contributed by atoms with van der Waals surface area (Å²) >= 11 is 0. The van der Waals surface area contributed by atoms with Crippen LogP contribution in [0.4, 0.5) is 0 Å². The van der Waals surface area contributed by atoms with Crippen LogP contribution in [0.25, 0.3) is 0 Å². The third-order valence-corrected chi connectivity index (χ3v) is 11.1. The number of nitrogens with one attached hydrogen (secondary N) is 1. The molecule has 1 rings (SSSR count). The van der Waals surface area contributed by atoms with Crippen LogP contribution in [0.2, 0.25) is 18.1 Å². The zero-order valence-corrected chi connectivity index (χ0v) is 19.6. The van der Waals surface area contributed by atoms with Gasteiger partial charge in [-0.05, 0) is 48.8 Å². The molecule has 0 saturated carbocycles. The van der Waals surface area contributed by atoms with Gasteiger partial charge in [-0.1, -0.05) is 40.5 Å². The number of hydrogen-bond donors (Lipinski definition) is 1. The van der Waals surface area contributed by atoms with Gasteiger partial charge < -0.3 is 9.26 Å². The standard InChI is InChI=1S/C20H35NO4SSi/c1-8-9-10-18(26(23)17-13-11-16(24-5)12-14-17)15-19(22)21-25-27(6,7)20(2,3)4/h11-14,18H,8-10,15H2,1-7H3,(H,21,22). The first-order valence-electron chi connectivity index (χ1n) is 9.53. The van der Waals surface area contributed by atoms with Gasteiger partial charge in [0.15, 0.2) is 0 Å². The number of unbranched alkanes of at least 4 members (excludes halogenated alkanes) is 1. The molecule has 0 fully saturated rings. The molecule has 0 bridgehead atoms. The van der Waals surface area contributed by atoms with E-state index in [0.29, 0.717) is 0 Å². The molecule has 1 aromatic carbocycles. The molecule has 1 amide bonds. The van der Waals surface area contributed by atoms with Crippen molar-refractivity contribution in [2.45, 2.75) is 81.7 Å². The van der Waals surface area contributed by atoms with Crippen LogP contribution >= 0.6 is 0 Å². The van der Waals surface area contributed by atoms with Gasteiger partial charge in [-0.3, -0.25) is 9.00 Å². The molecule has 27 heavy (non-hydrogen) atoms. The van der Waals surface area contributed by atoms with Crippen LogP contribution in [0.15, 0.2) is 29.2 Å². The molecule has 0 heterocycles.